The van der Waals surface area contributed by atoms with Crippen molar-refractivity contribution in [2.75, 3.05) is 7.05 Å². The fourth-order valence-electron chi connectivity index (χ4n) is 4.63. The Labute approximate surface area is 208 Å². The summed E-state index contributed by atoms with van der Waals surface area (Å²) in [5.41, 5.74) is 0.749. The monoisotopic (exact) mass is 490 g/mol. The van der Waals surface area contributed by atoms with Crippen molar-refractivity contribution in [3.8, 4) is 0 Å². The van der Waals surface area contributed by atoms with Crippen molar-refractivity contribution in [2.24, 2.45) is 17.3 Å². The number of nitrogens with zero attached hydrogens (tertiary/aromatic N) is 2. The zero-order valence-corrected chi connectivity index (χ0v) is 22.6. The third kappa shape index (κ3) is 7.09. The van der Waals surface area contributed by atoms with Gasteiger partial charge in [-0.2, -0.15) is 0 Å². The molecule has 34 heavy (non-hydrogen) atoms. The Kier molecular flexibility index (Phi) is 10.2. The number of Topliss-reactive ketones (excluding diaryl/α,β-unsaturated/α-hetero) is 1. The molecular formula is C27H42N2O4S. The van der Waals surface area contributed by atoms with E-state index in [-0.39, 0.29) is 30.1 Å². The molecule has 1 amide bonds. The van der Waals surface area contributed by atoms with Gasteiger partial charge in [0.25, 0.3) is 0 Å². The van der Waals surface area contributed by atoms with Gasteiger partial charge in [-0.3, -0.25) is 9.59 Å². The average Bonchev–Trinajstić information content (AvgIpc) is 3.19. The third-order valence-electron chi connectivity index (χ3n) is 7.30. The number of ketones is 1. The van der Waals surface area contributed by atoms with E-state index in [4.69, 9.17) is 0 Å². The molecule has 1 aliphatic rings. The first-order valence-corrected chi connectivity index (χ1v) is 13.2. The van der Waals surface area contributed by atoms with Crippen LogP contribution in [0.25, 0.3) is 6.08 Å². The van der Waals surface area contributed by atoms with E-state index in [2.05, 4.69) is 17.1 Å². The first-order valence-electron chi connectivity index (χ1n) is 12.3. The van der Waals surface area contributed by atoms with E-state index >= 15 is 0 Å². The summed E-state index contributed by atoms with van der Waals surface area (Å²) in [7, 11) is 1.75. The second-order valence-electron chi connectivity index (χ2n) is 10.4. The molecule has 2 N–H and O–H groups in total. The molecule has 0 saturated carbocycles. The fourth-order valence-corrected chi connectivity index (χ4v) is 5.20. The molecule has 5 atom stereocenters. The molecule has 1 unspecified atom stereocenters. The molecule has 0 spiro atoms. The Morgan fingerprint density at radius 3 is 2.53 bits per heavy atom. The molecule has 1 aliphatic heterocycles. The lowest BCUT2D eigenvalue weighted by Crippen LogP contribution is -2.47. The third-order valence-corrected chi connectivity index (χ3v) is 8.09. The average molecular weight is 491 g/mol. The van der Waals surface area contributed by atoms with Crippen LogP contribution in [-0.4, -0.2) is 57.1 Å². The minimum absolute atomic E-state index is 0.0274. The van der Waals surface area contributed by atoms with Crippen molar-refractivity contribution in [2.45, 2.75) is 91.9 Å². The van der Waals surface area contributed by atoms with E-state index in [1.54, 1.807) is 44.1 Å². The number of aromatic nitrogens is 1. The summed E-state index contributed by atoms with van der Waals surface area (Å²) in [5, 5.41) is 24.7. The van der Waals surface area contributed by atoms with E-state index in [1.807, 2.05) is 32.2 Å². The highest BCUT2D eigenvalue weighted by Crippen LogP contribution is 2.32. The Morgan fingerprint density at radius 2 is 1.91 bits per heavy atom. The molecule has 0 radical (unpaired) electrons. The number of carbonyl (C=O) groups is 2. The molecule has 190 valence electrons. The molecular weight excluding hydrogens is 448 g/mol. The maximum Gasteiger partial charge on any atom is 0.225 e. The van der Waals surface area contributed by atoms with E-state index in [9.17, 15) is 19.8 Å². The molecule has 2 heterocycles. The Morgan fingerprint density at radius 1 is 1.24 bits per heavy atom. The normalized spacial score (nSPS) is 31.5. The van der Waals surface area contributed by atoms with E-state index in [0.29, 0.717) is 6.42 Å². The molecule has 1 aromatic rings. The van der Waals surface area contributed by atoms with Gasteiger partial charge in [0.15, 0.2) is 0 Å². The SMILES string of the molecule is C/C(=C\c1csc(C)n1)C1C/C=C\CCC[C@@H](C)[C@H](O)[C@@H](C)C(=O)C(C)(C)[C@@H](O)CC(=O)N1C. The van der Waals surface area contributed by atoms with Crippen LogP contribution in [0.1, 0.15) is 77.4 Å². The maximum atomic E-state index is 13.2. The molecule has 1 aromatic heterocycles. The molecule has 6 nitrogen and oxygen atoms in total. The molecule has 2 rings (SSSR count). The van der Waals surface area contributed by atoms with Crippen LogP contribution in [0.5, 0.6) is 0 Å². The van der Waals surface area contributed by atoms with Gasteiger partial charge in [0.2, 0.25) is 5.91 Å². The standard InChI is InChI=1S/C27H42N2O4S/c1-17-12-10-8-9-11-13-22(18(2)14-21-16-34-20(4)28-21)29(7)24(31)15-23(30)27(5,6)26(33)19(3)25(17)32/h9,11,14,16-17,19,22-23,25,30,32H,8,10,12-13,15H2,1-7H3/b11-9-,18-14+/t17-,19-,22?,23+,25+/m1/s1. The number of thiazole rings is 1. The van der Waals surface area contributed by atoms with Crippen molar-refractivity contribution in [1.29, 1.82) is 0 Å². The lowest BCUT2D eigenvalue weighted by Gasteiger charge is -2.36. The number of carbonyl (C=O) groups excluding carboxylic acids is 2. The molecule has 0 aromatic carbocycles. The van der Waals surface area contributed by atoms with Crippen LogP contribution in [0.2, 0.25) is 0 Å². The van der Waals surface area contributed by atoms with E-state index in [1.165, 1.54) is 0 Å². The Bertz CT molecular complexity index is 904. The zero-order chi connectivity index (χ0) is 25.6. The van der Waals surface area contributed by atoms with Crippen LogP contribution in [0.3, 0.4) is 0 Å². The number of hydrogen-bond acceptors (Lipinski definition) is 6. The highest BCUT2D eigenvalue weighted by molar-refractivity contribution is 7.09. The predicted molar refractivity (Wildman–Crippen MR) is 138 cm³/mol. The summed E-state index contributed by atoms with van der Waals surface area (Å²) in [4.78, 5) is 32.6. The quantitative estimate of drug-likeness (QED) is 0.582. The van der Waals surface area contributed by atoms with Gasteiger partial charge in [0, 0.05) is 18.3 Å². The summed E-state index contributed by atoms with van der Waals surface area (Å²) in [6.07, 6.45) is 7.43. The molecule has 0 bridgehead atoms. The van der Waals surface area contributed by atoms with E-state index in [0.717, 1.165) is 35.5 Å². The summed E-state index contributed by atoms with van der Waals surface area (Å²) < 4.78 is 0. The smallest absolute Gasteiger partial charge is 0.225 e. The first kappa shape index (κ1) is 28.4. The van der Waals surface area contributed by atoms with Gasteiger partial charge in [-0.1, -0.05) is 39.8 Å². The van der Waals surface area contributed by atoms with Crippen LogP contribution in [0.15, 0.2) is 23.1 Å². The maximum absolute atomic E-state index is 13.2. The highest BCUT2D eigenvalue weighted by atomic mass is 32.1. The zero-order valence-electron chi connectivity index (χ0n) is 21.7. The number of allylic oxidation sites excluding steroid dienone is 1. The number of rotatable bonds is 2. The highest BCUT2D eigenvalue weighted by Gasteiger charge is 2.42. The lowest BCUT2D eigenvalue weighted by atomic mass is 9.73. The van der Waals surface area contributed by atoms with Gasteiger partial charge in [0.05, 0.1) is 40.8 Å². The van der Waals surface area contributed by atoms with Gasteiger partial charge in [-0.15, -0.1) is 11.3 Å². The number of aliphatic hydroxyl groups excluding tert-OH is 2. The minimum atomic E-state index is -1.15. The Balaban J connectivity index is 2.35. The van der Waals surface area contributed by atoms with Crippen molar-refractivity contribution in [3.63, 3.8) is 0 Å². The van der Waals surface area contributed by atoms with Crippen LogP contribution >= 0.6 is 11.3 Å². The number of aryl methyl sites for hydroxylation is 1. The number of likely N-dealkylation sites (N-methyl/N-ethyl adjacent to an activating group) is 1. The molecule has 0 saturated heterocycles. The molecule has 7 heteroatoms. The minimum Gasteiger partial charge on any atom is -0.392 e. The number of aliphatic hydroxyl groups is 2. The van der Waals surface area contributed by atoms with E-state index < -0.39 is 23.5 Å². The van der Waals surface area contributed by atoms with Crippen LogP contribution in [-0.2, 0) is 9.59 Å². The molecule has 0 aliphatic carbocycles. The van der Waals surface area contributed by atoms with Gasteiger partial charge in [0.1, 0.15) is 5.78 Å². The second kappa shape index (κ2) is 12.2. The van der Waals surface area contributed by atoms with Gasteiger partial charge in [-0.05, 0) is 57.1 Å². The summed E-state index contributed by atoms with van der Waals surface area (Å²) >= 11 is 1.59. The van der Waals surface area contributed by atoms with Crippen LogP contribution < -0.4 is 0 Å². The van der Waals surface area contributed by atoms with Gasteiger partial charge >= 0.3 is 0 Å². The lowest BCUT2D eigenvalue weighted by molar-refractivity contribution is -0.145. The number of hydrogen-bond donors (Lipinski definition) is 2. The van der Waals surface area contributed by atoms with Crippen LogP contribution in [0, 0.1) is 24.2 Å². The van der Waals surface area contributed by atoms with Crippen molar-refractivity contribution in [1.82, 2.24) is 9.88 Å². The number of amides is 1. The van der Waals surface area contributed by atoms with Crippen molar-refractivity contribution < 1.29 is 19.8 Å². The predicted octanol–water partition coefficient (Wildman–Crippen LogP) is 4.79. The van der Waals surface area contributed by atoms with Crippen molar-refractivity contribution >= 4 is 29.1 Å². The topological polar surface area (TPSA) is 90.7 Å². The van der Waals surface area contributed by atoms with Crippen LogP contribution in [0.4, 0.5) is 0 Å². The molecule has 0 fully saturated rings. The summed E-state index contributed by atoms with van der Waals surface area (Å²) in [6.45, 7) is 11.0. The fraction of sp³-hybridized carbons (Fsp3) is 0.667. The summed E-state index contributed by atoms with van der Waals surface area (Å²) in [6, 6.07) is -0.177. The first-order chi connectivity index (χ1) is 15.9. The summed E-state index contributed by atoms with van der Waals surface area (Å²) in [5.74, 6) is -1.08. The van der Waals surface area contributed by atoms with Gasteiger partial charge < -0.3 is 15.1 Å². The Hall–Kier alpha value is -1.83. The second-order valence-corrected chi connectivity index (χ2v) is 11.5. The largest absolute Gasteiger partial charge is 0.392 e. The van der Waals surface area contributed by atoms with Crippen molar-refractivity contribution in [3.05, 3.63) is 33.8 Å². The van der Waals surface area contributed by atoms with Gasteiger partial charge in [-0.25, -0.2) is 4.98 Å².